The summed E-state index contributed by atoms with van der Waals surface area (Å²) in [6.07, 6.45) is 0. The Hall–Kier alpha value is -8.20. The maximum atomic E-state index is 2.54. The molecule has 0 unspecified atom stereocenters. The van der Waals surface area contributed by atoms with E-state index in [1.165, 1.54) is 88.6 Å². The lowest BCUT2D eigenvalue weighted by Crippen LogP contribution is -2.28. The standard InChI is InChI=1S/C64H46N2/c1-63(2)53-32-14-10-30-51(53)62-50(31-21-34-56(62)63)49-29-13-16-35-57(49)65(60-38-19-20-39-61(60)66-58-36-17-11-27-47(58)48-28-12-18-37-59(48)66)45-40-41-55-52(42-45)46-26-9-15-33-54(46)64(55,43-22-5-3-6-23-43)44-24-7-4-8-25-44/h3-42H,1-2H3. The molecule has 0 aliphatic heterocycles. The van der Waals surface area contributed by atoms with Gasteiger partial charge in [-0.1, -0.05) is 214 Å². The zero-order valence-electron chi connectivity index (χ0n) is 37.0. The Morgan fingerprint density at radius 3 is 1.55 bits per heavy atom. The van der Waals surface area contributed by atoms with Gasteiger partial charge in [0.25, 0.3) is 0 Å². The number of hydrogen-bond donors (Lipinski definition) is 0. The summed E-state index contributed by atoms with van der Waals surface area (Å²) in [5.41, 5.74) is 21.5. The van der Waals surface area contributed by atoms with Crippen molar-refractivity contribution < 1.29 is 0 Å². The van der Waals surface area contributed by atoms with Crippen LogP contribution in [-0.2, 0) is 10.8 Å². The second kappa shape index (κ2) is 14.7. The van der Waals surface area contributed by atoms with E-state index in [4.69, 9.17) is 0 Å². The highest BCUT2D eigenvalue weighted by molar-refractivity contribution is 6.10. The number of nitrogens with zero attached hydrogens (tertiary/aromatic N) is 2. The second-order valence-corrected chi connectivity index (χ2v) is 18.4. The third-order valence-corrected chi connectivity index (χ3v) is 14.7. The number of hydrogen-bond acceptors (Lipinski definition) is 1. The van der Waals surface area contributed by atoms with Gasteiger partial charge in [0, 0.05) is 27.4 Å². The molecule has 0 spiro atoms. The summed E-state index contributed by atoms with van der Waals surface area (Å²) in [5, 5.41) is 2.48. The highest BCUT2D eigenvalue weighted by Gasteiger charge is 2.46. The largest absolute Gasteiger partial charge is 0.308 e. The van der Waals surface area contributed by atoms with Gasteiger partial charge >= 0.3 is 0 Å². The molecule has 0 saturated carbocycles. The molecule has 11 aromatic rings. The molecule has 2 nitrogen and oxygen atoms in total. The van der Waals surface area contributed by atoms with Crippen LogP contribution < -0.4 is 4.90 Å². The molecule has 2 aliphatic carbocycles. The first kappa shape index (κ1) is 38.3. The number of fused-ring (bicyclic) bond motifs is 9. The van der Waals surface area contributed by atoms with Crippen LogP contribution in [0.4, 0.5) is 17.1 Å². The first-order valence-electron chi connectivity index (χ1n) is 23.1. The van der Waals surface area contributed by atoms with E-state index in [-0.39, 0.29) is 5.41 Å². The van der Waals surface area contributed by atoms with Crippen LogP contribution in [0.3, 0.4) is 0 Å². The normalized spacial score (nSPS) is 13.8. The first-order chi connectivity index (χ1) is 32.5. The monoisotopic (exact) mass is 842 g/mol. The third kappa shape index (κ3) is 5.36. The lowest BCUT2D eigenvalue weighted by Gasteiger charge is -2.34. The highest BCUT2D eigenvalue weighted by Crippen LogP contribution is 2.58. The topological polar surface area (TPSA) is 8.17 Å². The van der Waals surface area contributed by atoms with E-state index in [1.54, 1.807) is 0 Å². The van der Waals surface area contributed by atoms with Crippen LogP contribution in [0.1, 0.15) is 47.2 Å². The van der Waals surface area contributed by atoms with Gasteiger partial charge in [-0.15, -0.1) is 0 Å². The minimum atomic E-state index is -0.499. The van der Waals surface area contributed by atoms with Gasteiger partial charge in [-0.2, -0.15) is 0 Å². The van der Waals surface area contributed by atoms with Crippen molar-refractivity contribution in [1.29, 1.82) is 0 Å². The number of benzene rings is 10. The number of anilines is 3. The van der Waals surface area contributed by atoms with Gasteiger partial charge in [-0.25, -0.2) is 0 Å². The van der Waals surface area contributed by atoms with Crippen LogP contribution in [0.25, 0.3) is 60.9 Å². The predicted octanol–water partition coefficient (Wildman–Crippen LogP) is 16.6. The van der Waals surface area contributed by atoms with Gasteiger partial charge in [-0.3, -0.25) is 0 Å². The van der Waals surface area contributed by atoms with Gasteiger partial charge in [0.15, 0.2) is 0 Å². The minimum Gasteiger partial charge on any atom is -0.308 e. The van der Waals surface area contributed by atoms with Crippen LogP contribution in [0.15, 0.2) is 243 Å². The van der Waals surface area contributed by atoms with Crippen molar-refractivity contribution in [3.8, 4) is 39.1 Å². The van der Waals surface area contributed by atoms with Crippen molar-refractivity contribution in [2.45, 2.75) is 24.7 Å². The molecule has 0 fully saturated rings. The van der Waals surface area contributed by atoms with E-state index in [0.717, 1.165) is 22.7 Å². The average molecular weight is 843 g/mol. The summed E-state index contributed by atoms with van der Waals surface area (Å²) in [7, 11) is 0. The summed E-state index contributed by atoms with van der Waals surface area (Å²) in [5.74, 6) is 0. The smallest absolute Gasteiger partial charge is 0.0713 e. The Bertz CT molecular complexity index is 3590. The SMILES string of the molecule is CC1(C)c2ccccc2-c2c(-c3ccccc3N(c3ccc4c(c3)-c3ccccc3C4(c3ccccc3)c3ccccc3)c3ccccc3-n3c4ccccc4c4ccccc43)cccc21. The van der Waals surface area contributed by atoms with Gasteiger partial charge in [0.1, 0.15) is 0 Å². The third-order valence-electron chi connectivity index (χ3n) is 14.7. The van der Waals surface area contributed by atoms with Crippen molar-refractivity contribution >= 4 is 38.9 Å². The maximum absolute atomic E-state index is 2.54. The van der Waals surface area contributed by atoms with Gasteiger partial charge in [0.05, 0.1) is 33.5 Å². The Labute approximate surface area is 386 Å². The van der Waals surface area contributed by atoms with Crippen LogP contribution >= 0.6 is 0 Å². The Balaban J connectivity index is 1.12. The summed E-state index contributed by atoms with van der Waals surface area (Å²) in [4.78, 5) is 2.54. The molecule has 0 saturated heterocycles. The molecule has 0 radical (unpaired) electrons. The summed E-state index contributed by atoms with van der Waals surface area (Å²) < 4.78 is 2.47. The molecule has 0 N–H and O–H groups in total. The minimum absolute atomic E-state index is 0.128. The quantitative estimate of drug-likeness (QED) is 0.155. The fourth-order valence-corrected chi connectivity index (χ4v) is 11.9. The van der Waals surface area contributed by atoms with E-state index in [2.05, 4.69) is 266 Å². The molecular weight excluding hydrogens is 797 g/mol. The molecule has 13 rings (SSSR count). The molecule has 312 valence electrons. The van der Waals surface area contributed by atoms with E-state index >= 15 is 0 Å². The molecule has 0 atom stereocenters. The fourth-order valence-electron chi connectivity index (χ4n) is 11.9. The molecule has 2 aliphatic rings. The molecule has 1 aromatic heterocycles. The van der Waals surface area contributed by atoms with Crippen LogP contribution in [-0.4, -0.2) is 4.57 Å². The summed E-state index contributed by atoms with van der Waals surface area (Å²) in [6, 6.07) is 90.1. The molecule has 1 heterocycles. The van der Waals surface area contributed by atoms with Crippen LogP contribution in [0.5, 0.6) is 0 Å². The van der Waals surface area contributed by atoms with E-state index in [1.807, 2.05) is 0 Å². The zero-order valence-corrected chi connectivity index (χ0v) is 37.0. The lowest BCUT2D eigenvalue weighted by molar-refractivity contribution is 0.660. The van der Waals surface area contributed by atoms with Gasteiger partial charge in [-0.05, 0) is 104 Å². The fraction of sp³-hybridized carbons (Fsp3) is 0.0625. The molecular formula is C64H46N2. The lowest BCUT2D eigenvalue weighted by atomic mass is 9.68. The first-order valence-corrected chi connectivity index (χ1v) is 23.1. The van der Waals surface area contributed by atoms with E-state index < -0.39 is 5.41 Å². The molecule has 10 aromatic carbocycles. The van der Waals surface area contributed by atoms with Crippen LogP contribution in [0.2, 0.25) is 0 Å². The van der Waals surface area contributed by atoms with Gasteiger partial charge < -0.3 is 9.47 Å². The zero-order chi connectivity index (χ0) is 44.0. The van der Waals surface area contributed by atoms with Crippen molar-refractivity contribution in [2.75, 3.05) is 4.90 Å². The van der Waals surface area contributed by atoms with Crippen molar-refractivity contribution in [1.82, 2.24) is 4.57 Å². The average Bonchev–Trinajstić information content (AvgIpc) is 3.96. The number of rotatable bonds is 7. The predicted molar refractivity (Wildman–Crippen MR) is 276 cm³/mol. The summed E-state index contributed by atoms with van der Waals surface area (Å²) >= 11 is 0. The molecule has 0 amide bonds. The van der Waals surface area contributed by atoms with Crippen molar-refractivity contribution in [3.05, 3.63) is 276 Å². The molecule has 2 heteroatoms. The van der Waals surface area contributed by atoms with Crippen molar-refractivity contribution in [3.63, 3.8) is 0 Å². The van der Waals surface area contributed by atoms with Gasteiger partial charge in [0.2, 0.25) is 0 Å². The Morgan fingerprint density at radius 2 is 0.848 bits per heavy atom. The molecule has 0 bridgehead atoms. The Kier molecular flexibility index (Phi) is 8.51. The highest BCUT2D eigenvalue weighted by atomic mass is 15.2. The van der Waals surface area contributed by atoms with E-state index in [0.29, 0.717) is 0 Å². The summed E-state index contributed by atoms with van der Waals surface area (Å²) in [6.45, 7) is 4.74. The Morgan fingerprint density at radius 1 is 0.348 bits per heavy atom. The number of aromatic nitrogens is 1. The molecule has 66 heavy (non-hydrogen) atoms. The van der Waals surface area contributed by atoms with Crippen molar-refractivity contribution in [2.24, 2.45) is 0 Å². The van der Waals surface area contributed by atoms with Crippen LogP contribution in [0, 0.1) is 0 Å². The maximum Gasteiger partial charge on any atom is 0.0713 e. The van der Waals surface area contributed by atoms with E-state index in [9.17, 15) is 0 Å². The number of para-hydroxylation sites is 5. The second-order valence-electron chi connectivity index (χ2n) is 18.4.